The van der Waals surface area contributed by atoms with Gasteiger partial charge in [-0.05, 0) is 44.7 Å². The van der Waals surface area contributed by atoms with Crippen LogP contribution in [0.3, 0.4) is 0 Å². The molecule has 1 aromatic carbocycles. The normalized spacial score (nSPS) is 30.2. The van der Waals surface area contributed by atoms with Gasteiger partial charge < -0.3 is 15.2 Å². The molecule has 0 unspecified atom stereocenters. The van der Waals surface area contributed by atoms with E-state index in [9.17, 15) is 14.7 Å². The van der Waals surface area contributed by atoms with E-state index in [0.717, 1.165) is 29.5 Å². The second kappa shape index (κ2) is 5.96. The molecule has 5 nitrogen and oxygen atoms in total. The molecule has 2 aliphatic rings. The van der Waals surface area contributed by atoms with Crippen molar-refractivity contribution in [2.75, 3.05) is 0 Å². The number of amides is 1. The number of hydrogen-bond donors (Lipinski definition) is 2. The Balaban J connectivity index is 1.76. The average Bonchev–Trinajstić information content (AvgIpc) is 3.10. The van der Waals surface area contributed by atoms with Crippen molar-refractivity contribution >= 4 is 11.9 Å². The predicted molar refractivity (Wildman–Crippen MR) is 85.0 cm³/mol. The van der Waals surface area contributed by atoms with Crippen molar-refractivity contribution in [3.63, 3.8) is 0 Å². The third-order valence-corrected chi connectivity index (χ3v) is 5.12. The molecule has 2 bridgehead atoms. The summed E-state index contributed by atoms with van der Waals surface area (Å²) in [5.41, 5.74) is 3.31. The number of nitrogens with one attached hydrogen (secondary N) is 1. The summed E-state index contributed by atoms with van der Waals surface area (Å²) in [6.45, 7) is 5.96. The first-order valence-electron chi connectivity index (χ1n) is 8.14. The van der Waals surface area contributed by atoms with Gasteiger partial charge in [-0.3, -0.25) is 9.59 Å². The second-order valence-electron chi connectivity index (χ2n) is 6.77. The highest BCUT2D eigenvalue weighted by atomic mass is 16.5. The number of carboxylic acid groups (broad SMARTS) is 1. The van der Waals surface area contributed by atoms with Gasteiger partial charge in [0.1, 0.15) is 0 Å². The van der Waals surface area contributed by atoms with Crippen molar-refractivity contribution < 1.29 is 19.4 Å². The Morgan fingerprint density at radius 3 is 2.52 bits per heavy atom. The SMILES string of the molecule is Cc1ccc(C)c([C@H](C)NC(=O)[C@@H]2[C@@H](C(=O)O)[C@H]3CC[C@H]2O3)c1. The Morgan fingerprint density at radius 1 is 1.22 bits per heavy atom. The van der Waals surface area contributed by atoms with Gasteiger partial charge in [0.15, 0.2) is 0 Å². The van der Waals surface area contributed by atoms with Crippen LogP contribution in [-0.4, -0.2) is 29.2 Å². The molecule has 2 N–H and O–H groups in total. The van der Waals surface area contributed by atoms with E-state index in [1.54, 1.807) is 0 Å². The number of ether oxygens (including phenoxy) is 1. The van der Waals surface area contributed by atoms with Gasteiger partial charge in [0, 0.05) is 0 Å². The lowest BCUT2D eigenvalue weighted by Gasteiger charge is -2.26. The fourth-order valence-corrected chi connectivity index (χ4v) is 3.94. The molecule has 0 aromatic heterocycles. The van der Waals surface area contributed by atoms with Crippen molar-refractivity contribution in [3.8, 4) is 0 Å². The van der Waals surface area contributed by atoms with Crippen LogP contribution in [0.15, 0.2) is 18.2 Å². The number of rotatable bonds is 4. The summed E-state index contributed by atoms with van der Waals surface area (Å²) in [5, 5.41) is 12.4. The highest BCUT2D eigenvalue weighted by Crippen LogP contribution is 2.43. The Kier molecular flexibility index (Phi) is 4.15. The van der Waals surface area contributed by atoms with E-state index in [0.29, 0.717) is 0 Å². The fraction of sp³-hybridized carbons (Fsp3) is 0.556. The van der Waals surface area contributed by atoms with Crippen molar-refractivity contribution in [3.05, 3.63) is 34.9 Å². The summed E-state index contributed by atoms with van der Waals surface area (Å²) in [7, 11) is 0. The molecule has 2 saturated heterocycles. The third kappa shape index (κ3) is 2.85. The van der Waals surface area contributed by atoms with E-state index >= 15 is 0 Å². The maximum atomic E-state index is 12.7. The van der Waals surface area contributed by atoms with Gasteiger partial charge in [0.05, 0.1) is 30.1 Å². The number of aryl methyl sites for hydroxylation is 2. The number of benzene rings is 1. The number of hydrogen-bond acceptors (Lipinski definition) is 3. The maximum absolute atomic E-state index is 12.7. The highest BCUT2D eigenvalue weighted by Gasteiger charge is 2.55. The molecule has 0 saturated carbocycles. The molecule has 2 aliphatic heterocycles. The lowest BCUT2D eigenvalue weighted by Crippen LogP contribution is -2.44. The van der Waals surface area contributed by atoms with Crippen LogP contribution in [0.5, 0.6) is 0 Å². The summed E-state index contributed by atoms with van der Waals surface area (Å²) in [6, 6.07) is 5.98. The molecular formula is C18H23NO4. The summed E-state index contributed by atoms with van der Waals surface area (Å²) in [6.07, 6.45) is 0.929. The van der Waals surface area contributed by atoms with Crippen molar-refractivity contribution in [1.82, 2.24) is 5.32 Å². The summed E-state index contributed by atoms with van der Waals surface area (Å²) >= 11 is 0. The quantitative estimate of drug-likeness (QED) is 0.894. The molecule has 0 aliphatic carbocycles. The van der Waals surface area contributed by atoms with Gasteiger partial charge in [-0.2, -0.15) is 0 Å². The number of fused-ring (bicyclic) bond motifs is 2. The molecule has 2 fully saturated rings. The van der Waals surface area contributed by atoms with Crippen LogP contribution in [0.2, 0.25) is 0 Å². The van der Waals surface area contributed by atoms with Crippen LogP contribution in [0.1, 0.15) is 42.5 Å². The van der Waals surface area contributed by atoms with Crippen LogP contribution < -0.4 is 5.32 Å². The number of carbonyl (C=O) groups is 2. The largest absolute Gasteiger partial charge is 0.481 e. The van der Waals surface area contributed by atoms with Crippen LogP contribution >= 0.6 is 0 Å². The first-order valence-corrected chi connectivity index (χ1v) is 8.14. The molecule has 124 valence electrons. The molecule has 1 amide bonds. The summed E-state index contributed by atoms with van der Waals surface area (Å²) < 4.78 is 5.67. The average molecular weight is 317 g/mol. The van der Waals surface area contributed by atoms with E-state index in [4.69, 9.17) is 4.74 Å². The van der Waals surface area contributed by atoms with Crippen LogP contribution in [0, 0.1) is 25.7 Å². The van der Waals surface area contributed by atoms with Crippen LogP contribution in [0.25, 0.3) is 0 Å². The van der Waals surface area contributed by atoms with Crippen LogP contribution in [-0.2, 0) is 14.3 Å². The topological polar surface area (TPSA) is 75.6 Å². The van der Waals surface area contributed by atoms with E-state index in [1.807, 2.05) is 32.9 Å². The summed E-state index contributed by atoms with van der Waals surface area (Å²) in [5.74, 6) is -2.45. The molecule has 5 atom stereocenters. The molecule has 23 heavy (non-hydrogen) atoms. The molecule has 3 rings (SSSR count). The van der Waals surface area contributed by atoms with Gasteiger partial charge in [-0.15, -0.1) is 0 Å². The van der Waals surface area contributed by atoms with Gasteiger partial charge >= 0.3 is 5.97 Å². The molecule has 2 heterocycles. The Morgan fingerprint density at radius 2 is 1.87 bits per heavy atom. The van der Waals surface area contributed by atoms with Gasteiger partial charge in [-0.25, -0.2) is 0 Å². The summed E-state index contributed by atoms with van der Waals surface area (Å²) in [4.78, 5) is 24.2. The van der Waals surface area contributed by atoms with E-state index in [1.165, 1.54) is 0 Å². The number of aliphatic carboxylic acids is 1. The Bertz CT molecular complexity index is 642. The van der Waals surface area contributed by atoms with Crippen molar-refractivity contribution in [2.24, 2.45) is 11.8 Å². The van der Waals surface area contributed by atoms with E-state index in [2.05, 4.69) is 11.4 Å². The molecule has 0 radical (unpaired) electrons. The molecule has 1 aromatic rings. The van der Waals surface area contributed by atoms with Gasteiger partial charge in [0.25, 0.3) is 0 Å². The third-order valence-electron chi connectivity index (χ3n) is 5.12. The zero-order valence-electron chi connectivity index (χ0n) is 13.7. The fourth-order valence-electron chi connectivity index (χ4n) is 3.94. The molecule has 0 spiro atoms. The minimum Gasteiger partial charge on any atom is -0.481 e. The monoisotopic (exact) mass is 317 g/mol. The molecule has 5 heteroatoms. The Labute approximate surface area is 136 Å². The minimum absolute atomic E-state index is 0.157. The zero-order valence-corrected chi connectivity index (χ0v) is 13.7. The number of carbonyl (C=O) groups excluding carboxylic acids is 1. The zero-order chi connectivity index (χ0) is 16.7. The standard InChI is InChI=1S/C18H23NO4/c1-9-4-5-10(2)12(8-9)11(3)19-17(20)15-13-6-7-14(23-13)16(15)18(21)22/h4-5,8,11,13-16H,6-7H2,1-3H3,(H,19,20)(H,21,22)/t11-,13+,14+,15-,16-/m0/s1. The van der Waals surface area contributed by atoms with E-state index < -0.39 is 17.8 Å². The lowest BCUT2D eigenvalue weighted by molar-refractivity contribution is -0.148. The van der Waals surface area contributed by atoms with Crippen molar-refractivity contribution in [1.29, 1.82) is 0 Å². The van der Waals surface area contributed by atoms with E-state index in [-0.39, 0.29) is 24.2 Å². The van der Waals surface area contributed by atoms with Gasteiger partial charge in [-0.1, -0.05) is 23.8 Å². The second-order valence-corrected chi connectivity index (χ2v) is 6.77. The van der Waals surface area contributed by atoms with Crippen LogP contribution in [0.4, 0.5) is 0 Å². The first-order chi connectivity index (χ1) is 10.9. The number of carboxylic acids is 1. The van der Waals surface area contributed by atoms with Crippen molar-refractivity contribution in [2.45, 2.75) is 51.9 Å². The predicted octanol–water partition coefficient (Wildman–Crippen LogP) is 2.36. The van der Waals surface area contributed by atoms with Gasteiger partial charge in [0.2, 0.25) is 5.91 Å². The minimum atomic E-state index is -0.934. The lowest BCUT2D eigenvalue weighted by atomic mass is 9.78. The highest BCUT2D eigenvalue weighted by molar-refractivity contribution is 5.86. The Hall–Kier alpha value is -1.88. The maximum Gasteiger partial charge on any atom is 0.310 e. The first kappa shape index (κ1) is 16.0. The smallest absolute Gasteiger partial charge is 0.310 e. The molecular weight excluding hydrogens is 294 g/mol.